The van der Waals surface area contributed by atoms with Gasteiger partial charge in [0.05, 0.1) is 0 Å². The minimum atomic E-state index is 0.826. The van der Waals surface area contributed by atoms with E-state index in [2.05, 4.69) is 5.32 Å². The summed E-state index contributed by atoms with van der Waals surface area (Å²) < 4.78 is 0. The van der Waals surface area contributed by atoms with Crippen LogP contribution in [0.4, 0.5) is 0 Å². The van der Waals surface area contributed by atoms with E-state index in [1.165, 1.54) is 19.5 Å². The highest BCUT2D eigenvalue weighted by Gasteiger charge is 2.14. The molecule has 0 aromatic heterocycles. The van der Waals surface area contributed by atoms with Crippen LogP contribution in [0.2, 0.25) is 0 Å². The Morgan fingerprint density at radius 1 is 1.57 bits per heavy atom. The molecule has 0 spiro atoms. The highest BCUT2D eigenvalue weighted by Crippen LogP contribution is 2.07. The highest BCUT2D eigenvalue weighted by atomic mass is 35.5. The second kappa shape index (κ2) is 2.53. The average molecular weight is 120 g/mol. The fourth-order valence-corrected chi connectivity index (χ4v) is 1.02. The summed E-state index contributed by atoms with van der Waals surface area (Å²) in [6, 6.07) is 0. The van der Waals surface area contributed by atoms with Crippen LogP contribution in [0.5, 0.6) is 0 Å². The Morgan fingerprint density at radius 2 is 2.29 bits per heavy atom. The lowest BCUT2D eigenvalue weighted by Gasteiger charge is -2.25. The first kappa shape index (κ1) is 5.39. The van der Waals surface area contributed by atoms with Gasteiger partial charge in [-0.1, -0.05) is 0 Å². The molecule has 0 saturated carbocycles. The second-order valence-corrected chi connectivity index (χ2v) is 2.38. The van der Waals surface area contributed by atoms with Crippen molar-refractivity contribution in [3.8, 4) is 0 Å². The molecule has 1 saturated heterocycles. The molecule has 0 aromatic carbocycles. The van der Waals surface area contributed by atoms with E-state index in [0.717, 1.165) is 11.8 Å². The summed E-state index contributed by atoms with van der Waals surface area (Å²) in [5.41, 5.74) is 0. The van der Waals surface area contributed by atoms with Gasteiger partial charge in [-0.05, 0) is 25.4 Å². The number of hydrogen-bond acceptors (Lipinski definition) is 1. The number of alkyl halides is 1. The summed E-state index contributed by atoms with van der Waals surface area (Å²) in [6.45, 7) is 2.37. The Hall–Kier alpha value is 0.250. The van der Waals surface area contributed by atoms with Crippen molar-refractivity contribution >= 4 is 11.6 Å². The number of hydrogen-bond donors (Lipinski definition) is 1. The van der Waals surface area contributed by atoms with Crippen molar-refractivity contribution in [1.82, 2.24) is 5.32 Å². The van der Waals surface area contributed by atoms with E-state index < -0.39 is 0 Å². The molecule has 0 radical (unpaired) electrons. The van der Waals surface area contributed by atoms with Gasteiger partial charge in [0.25, 0.3) is 0 Å². The highest BCUT2D eigenvalue weighted by molar-refractivity contribution is 6.17. The van der Waals surface area contributed by atoms with Gasteiger partial charge in [0.15, 0.2) is 0 Å². The molecule has 1 rings (SSSR count). The van der Waals surface area contributed by atoms with E-state index in [9.17, 15) is 0 Å². The number of halogens is 1. The van der Waals surface area contributed by atoms with Gasteiger partial charge < -0.3 is 5.32 Å². The summed E-state index contributed by atoms with van der Waals surface area (Å²) in [6.07, 6.45) is 1.19. The maximum absolute atomic E-state index is 5.48. The van der Waals surface area contributed by atoms with Crippen LogP contribution in [-0.2, 0) is 0 Å². The van der Waals surface area contributed by atoms with E-state index in [4.69, 9.17) is 11.6 Å². The molecule has 2 heteroatoms. The Balaban J connectivity index is 1.93. The Labute approximate surface area is 49.0 Å². The zero-order chi connectivity index (χ0) is 5.11. The van der Waals surface area contributed by atoms with E-state index in [1.807, 2.05) is 0 Å². The molecule has 0 atom stereocenters. The Kier molecular flexibility index (Phi) is 1.95. The van der Waals surface area contributed by atoms with Crippen molar-refractivity contribution in [3.63, 3.8) is 0 Å². The molecule has 1 fully saturated rings. The standard InChI is InChI=1S/C5H10ClN/c6-2-1-5-3-7-4-5/h5,7H,1-4H2. The van der Waals surface area contributed by atoms with E-state index in [1.54, 1.807) is 0 Å². The number of nitrogens with one attached hydrogen (secondary N) is 1. The van der Waals surface area contributed by atoms with Gasteiger partial charge in [0.2, 0.25) is 0 Å². The molecule has 1 N–H and O–H groups in total. The van der Waals surface area contributed by atoms with Crippen LogP contribution in [0.15, 0.2) is 0 Å². The first-order valence-electron chi connectivity index (χ1n) is 2.70. The van der Waals surface area contributed by atoms with Gasteiger partial charge >= 0.3 is 0 Å². The smallest absolute Gasteiger partial charge is 0.0227 e. The first-order chi connectivity index (χ1) is 3.43. The first-order valence-corrected chi connectivity index (χ1v) is 3.23. The minimum Gasteiger partial charge on any atom is -0.316 e. The molecule has 0 unspecified atom stereocenters. The lowest BCUT2D eigenvalue weighted by Crippen LogP contribution is -2.41. The summed E-state index contributed by atoms with van der Waals surface area (Å²) in [5.74, 6) is 1.71. The predicted molar refractivity (Wildman–Crippen MR) is 31.7 cm³/mol. The van der Waals surface area contributed by atoms with Crippen LogP contribution in [-0.4, -0.2) is 19.0 Å². The van der Waals surface area contributed by atoms with Crippen LogP contribution < -0.4 is 5.32 Å². The zero-order valence-electron chi connectivity index (χ0n) is 4.28. The summed E-state index contributed by atoms with van der Waals surface area (Å²) in [5, 5.41) is 3.19. The van der Waals surface area contributed by atoms with Crippen molar-refractivity contribution in [2.45, 2.75) is 6.42 Å². The third-order valence-electron chi connectivity index (χ3n) is 1.38. The minimum absolute atomic E-state index is 0.826. The third kappa shape index (κ3) is 1.32. The summed E-state index contributed by atoms with van der Waals surface area (Å²) in [7, 11) is 0. The lowest BCUT2D eigenvalue weighted by molar-refractivity contribution is 0.340. The normalized spacial score (nSPS) is 21.9. The fourth-order valence-electron chi connectivity index (χ4n) is 0.707. The third-order valence-corrected chi connectivity index (χ3v) is 1.60. The average Bonchev–Trinajstić information content (AvgIpc) is 1.55. The van der Waals surface area contributed by atoms with Gasteiger partial charge in [-0.25, -0.2) is 0 Å². The van der Waals surface area contributed by atoms with E-state index in [0.29, 0.717) is 0 Å². The van der Waals surface area contributed by atoms with Gasteiger partial charge in [-0.3, -0.25) is 0 Å². The monoisotopic (exact) mass is 119 g/mol. The van der Waals surface area contributed by atoms with Crippen LogP contribution >= 0.6 is 11.6 Å². The second-order valence-electron chi connectivity index (χ2n) is 2.00. The molecule has 0 aliphatic carbocycles. The molecule has 1 aliphatic heterocycles. The molecule has 0 aromatic rings. The SMILES string of the molecule is ClCCC1CNC1. The van der Waals surface area contributed by atoms with E-state index >= 15 is 0 Å². The van der Waals surface area contributed by atoms with Gasteiger partial charge in [-0.2, -0.15) is 0 Å². The van der Waals surface area contributed by atoms with Gasteiger partial charge in [0, 0.05) is 5.88 Å². The maximum atomic E-state index is 5.48. The van der Waals surface area contributed by atoms with Gasteiger partial charge in [0.1, 0.15) is 0 Å². The molecule has 42 valence electrons. The molecule has 1 aliphatic rings. The van der Waals surface area contributed by atoms with Crippen molar-refractivity contribution in [1.29, 1.82) is 0 Å². The van der Waals surface area contributed by atoms with Crippen LogP contribution in [0.1, 0.15) is 6.42 Å². The molecule has 1 nitrogen and oxygen atoms in total. The van der Waals surface area contributed by atoms with Crippen LogP contribution in [0.3, 0.4) is 0 Å². The van der Waals surface area contributed by atoms with Gasteiger partial charge in [-0.15, -0.1) is 11.6 Å². The van der Waals surface area contributed by atoms with Crippen LogP contribution in [0.25, 0.3) is 0 Å². The predicted octanol–water partition coefficient (Wildman–Crippen LogP) is 0.835. The molecule has 0 bridgehead atoms. The van der Waals surface area contributed by atoms with Crippen molar-refractivity contribution in [2.24, 2.45) is 5.92 Å². The van der Waals surface area contributed by atoms with Crippen LogP contribution in [0, 0.1) is 5.92 Å². The summed E-state index contributed by atoms with van der Waals surface area (Å²) >= 11 is 5.48. The quantitative estimate of drug-likeness (QED) is 0.531. The van der Waals surface area contributed by atoms with E-state index in [-0.39, 0.29) is 0 Å². The molecule has 0 amide bonds. The fraction of sp³-hybridized carbons (Fsp3) is 1.00. The maximum Gasteiger partial charge on any atom is 0.0227 e. The number of rotatable bonds is 2. The Bertz CT molecular complexity index is 52.0. The van der Waals surface area contributed by atoms with Crippen molar-refractivity contribution < 1.29 is 0 Å². The Morgan fingerprint density at radius 3 is 2.43 bits per heavy atom. The summed E-state index contributed by atoms with van der Waals surface area (Å²) in [4.78, 5) is 0. The zero-order valence-corrected chi connectivity index (χ0v) is 5.04. The lowest BCUT2D eigenvalue weighted by atomic mass is 10.0. The van der Waals surface area contributed by atoms with Crippen molar-refractivity contribution in [3.05, 3.63) is 0 Å². The molecule has 7 heavy (non-hydrogen) atoms. The largest absolute Gasteiger partial charge is 0.316 e. The topological polar surface area (TPSA) is 12.0 Å². The molecular formula is C5H10ClN. The molecular weight excluding hydrogens is 110 g/mol. The van der Waals surface area contributed by atoms with Crippen molar-refractivity contribution in [2.75, 3.05) is 19.0 Å². The molecule has 1 heterocycles.